The lowest BCUT2D eigenvalue weighted by atomic mass is 10.3. The van der Waals surface area contributed by atoms with Crippen LogP contribution in [0.3, 0.4) is 0 Å². The standard InChI is InChI=1S/C17H18ClFN2O2S/c1-11(10-23-14-6-4-13(22-2)5-7-14)20-17(24)21-12-3-8-16(19)15(18)9-12/h3-9,11H,10H2,1-2H3,(H2,20,21,24)/t11-/m0/s1. The molecule has 24 heavy (non-hydrogen) atoms. The monoisotopic (exact) mass is 368 g/mol. The van der Waals surface area contributed by atoms with Gasteiger partial charge in [0.25, 0.3) is 0 Å². The van der Waals surface area contributed by atoms with E-state index in [9.17, 15) is 4.39 Å². The molecule has 0 radical (unpaired) electrons. The zero-order valence-corrected chi connectivity index (χ0v) is 14.9. The van der Waals surface area contributed by atoms with Crippen LogP contribution in [0, 0.1) is 5.82 Å². The SMILES string of the molecule is COc1ccc(OC[C@H](C)NC(=S)Nc2ccc(F)c(Cl)c2)cc1. The van der Waals surface area contributed by atoms with E-state index in [0.29, 0.717) is 17.4 Å². The molecule has 0 aliphatic carbocycles. The van der Waals surface area contributed by atoms with Gasteiger partial charge >= 0.3 is 0 Å². The Morgan fingerprint density at radius 1 is 1.21 bits per heavy atom. The van der Waals surface area contributed by atoms with Crippen molar-refractivity contribution in [2.75, 3.05) is 19.0 Å². The number of ether oxygens (including phenoxy) is 2. The first-order chi connectivity index (χ1) is 11.5. The molecular weight excluding hydrogens is 351 g/mol. The predicted octanol–water partition coefficient (Wildman–Crippen LogP) is 4.24. The van der Waals surface area contributed by atoms with E-state index >= 15 is 0 Å². The van der Waals surface area contributed by atoms with Gasteiger partial charge in [0.2, 0.25) is 0 Å². The van der Waals surface area contributed by atoms with E-state index in [1.807, 2.05) is 31.2 Å². The summed E-state index contributed by atoms with van der Waals surface area (Å²) in [7, 11) is 1.62. The van der Waals surface area contributed by atoms with Crippen LogP contribution < -0.4 is 20.1 Å². The van der Waals surface area contributed by atoms with Crippen molar-refractivity contribution in [1.29, 1.82) is 0 Å². The van der Waals surface area contributed by atoms with Crippen molar-refractivity contribution in [2.45, 2.75) is 13.0 Å². The third-order valence-corrected chi connectivity index (χ3v) is 3.62. The Hall–Kier alpha value is -2.05. The van der Waals surface area contributed by atoms with Crippen molar-refractivity contribution in [1.82, 2.24) is 5.32 Å². The predicted molar refractivity (Wildman–Crippen MR) is 98.7 cm³/mol. The summed E-state index contributed by atoms with van der Waals surface area (Å²) in [5.41, 5.74) is 0.613. The maximum absolute atomic E-state index is 13.1. The molecule has 0 spiro atoms. The number of hydrogen-bond donors (Lipinski definition) is 2. The third kappa shape index (κ3) is 5.54. The number of benzene rings is 2. The molecule has 2 N–H and O–H groups in total. The second-order valence-corrected chi connectivity index (χ2v) is 5.93. The number of rotatable bonds is 6. The number of anilines is 1. The Balaban J connectivity index is 1.79. The summed E-state index contributed by atoms with van der Waals surface area (Å²) in [6, 6.07) is 11.6. The summed E-state index contributed by atoms with van der Waals surface area (Å²) in [6.07, 6.45) is 0. The lowest BCUT2D eigenvalue weighted by Crippen LogP contribution is -2.39. The van der Waals surface area contributed by atoms with Gasteiger partial charge in [0.05, 0.1) is 18.2 Å². The fourth-order valence-corrected chi connectivity index (χ4v) is 2.40. The highest BCUT2D eigenvalue weighted by Crippen LogP contribution is 2.19. The summed E-state index contributed by atoms with van der Waals surface area (Å²) in [4.78, 5) is 0. The smallest absolute Gasteiger partial charge is 0.171 e. The van der Waals surface area contributed by atoms with Gasteiger partial charge in [-0.2, -0.15) is 0 Å². The van der Waals surface area contributed by atoms with Crippen molar-refractivity contribution < 1.29 is 13.9 Å². The summed E-state index contributed by atoms with van der Waals surface area (Å²) in [6.45, 7) is 2.37. The van der Waals surface area contributed by atoms with Gasteiger partial charge in [-0.3, -0.25) is 0 Å². The fourth-order valence-electron chi connectivity index (χ4n) is 1.90. The Kier molecular flexibility index (Phi) is 6.63. The van der Waals surface area contributed by atoms with E-state index in [1.165, 1.54) is 12.1 Å². The fraction of sp³-hybridized carbons (Fsp3) is 0.235. The second kappa shape index (κ2) is 8.70. The molecule has 0 amide bonds. The van der Waals surface area contributed by atoms with Gasteiger partial charge in [0.15, 0.2) is 5.11 Å². The van der Waals surface area contributed by atoms with Gasteiger partial charge in [-0.1, -0.05) is 11.6 Å². The molecule has 0 heterocycles. The minimum absolute atomic E-state index is 0.0250. The Bertz CT molecular complexity index is 697. The first-order valence-corrected chi connectivity index (χ1v) is 8.06. The van der Waals surface area contributed by atoms with Gasteiger partial charge in [-0.15, -0.1) is 0 Å². The summed E-state index contributed by atoms with van der Waals surface area (Å²) < 4.78 is 23.9. The van der Waals surface area contributed by atoms with Gasteiger partial charge in [0, 0.05) is 5.69 Å². The maximum atomic E-state index is 13.1. The maximum Gasteiger partial charge on any atom is 0.171 e. The molecule has 0 aromatic heterocycles. The van der Waals surface area contributed by atoms with E-state index in [-0.39, 0.29) is 11.1 Å². The first kappa shape index (κ1) is 18.3. The summed E-state index contributed by atoms with van der Waals surface area (Å²) in [5.74, 6) is 1.05. The van der Waals surface area contributed by atoms with Crippen LogP contribution in [0.2, 0.25) is 5.02 Å². The average molecular weight is 369 g/mol. The van der Waals surface area contributed by atoms with E-state index in [1.54, 1.807) is 13.2 Å². The second-order valence-electron chi connectivity index (χ2n) is 5.11. The number of nitrogens with one attached hydrogen (secondary N) is 2. The van der Waals surface area contributed by atoms with Crippen LogP contribution in [0.15, 0.2) is 42.5 Å². The topological polar surface area (TPSA) is 42.5 Å². The molecule has 0 saturated carbocycles. The van der Waals surface area contributed by atoms with E-state index < -0.39 is 5.82 Å². The summed E-state index contributed by atoms with van der Waals surface area (Å²) >= 11 is 11.0. The van der Waals surface area contributed by atoms with Gasteiger partial charge < -0.3 is 20.1 Å². The van der Waals surface area contributed by atoms with Crippen LogP contribution in [0.5, 0.6) is 11.5 Å². The number of halogens is 2. The van der Waals surface area contributed by atoms with Crippen LogP contribution in [0.4, 0.5) is 10.1 Å². The minimum Gasteiger partial charge on any atom is -0.497 e. The van der Waals surface area contributed by atoms with Crippen LogP contribution >= 0.6 is 23.8 Å². The van der Waals surface area contributed by atoms with E-state index in [2.05, 4.69) is 10.6 Å². The Labute approximate surface area is 150 Å². The quantitative estimate of drug-likeness (QED) is 0.746. The molecule has 0 aliphatic rings. The molecule has 0 bridgehead atoms. The van der Waals surface area contributed by atoms with E-state index in [0.717, 1.165) is 11.5 Å². The molecule has 0 saturated heterocycles. The average Bonchev–Trinajstić information content (AvgIpc) is 2.56. The molecule has 0 fully saturated rings. The van der Waals surface area contributed by atoms with E-state index in [4.69, 9.17) is 33.3 Å². The molecule has 4 nitrogen and oxygen atoms in total. The van der Waals surface area contributed by atoms with Crippen LogP contribution in [-0.2, 0) is 0 Å². The van der Waals surface area contributed by atoms with Crippen LogP contribution in [0.1, 0.15) is 6.92 Å². The minimum atomic E-state index is -0.470. The molecule has 0 unspecified atom stereocenters. The molecular formula is C17H18ClFN2O2S. The highest BCUT2D eigenvalue weighted by Gasteiger charge is 2.07. The third-order valence-electron chi connectivity index (χ3n) is 3.11. The van der Waals surface area contributed by atoms with Crippen molar-refractivity contribution >= 4 is 34.6 Å². The van der Waals surface area contributed by atoms with Gasteiger partial charge in [0.1, 0.15) is 23.9 Å². The van der Waals surface area contributed by atoms with Gasteiger partial charge in [-0.25, -0.2) is 4.39 Å². The largest absolute Gasteiger partial charge is 0.497 e. The number of methoxy groups -OCH3 is 1. The molecule has 128 valence electrons. The zero-order valence-electron chi connectivity index (χ0n) is 13.3. The van der Waals surface area contributed by atoms with Crippen LogP contribution in [0.25, 0.3) is 0 Å². The molecule has 0 aliphatic heterocycles. The molecule has 2 aromatic carbocycles. The Morgan fingerprint density at radius 3 is 2.50 bits per heavy atom. The lowest BCUT2D eigenvalue weighted by molar-refractivity contribution is 0.286. The molecule has 7 heteroatoms. The zero-order chi connectivity index (χ0) is 17.5. The van der Waals surface area contributed by atoms with Crippen LogP contribution in [-0.4, -0.2) is 24.9 Å². The summed E-state index contributed by atoms with van der Waals surface area (Å²) in [5, 5.41) is 6.49. The number of thiocarbonyl (C=S) groups is 1. The highest BCUT2D eigenvalue weighted by molar-refractivity contribution is 7.80. The van der Waals surface area contributed by atoms with Crippen molar-refractivity contribution in [3.05, 3.63) is 53.3 Å². The first-order valence-electron chi connectivity index (χ1n) is 7.27. The molecule has 2 rings (SSSR count). The Morgan fingerprint density at radius 2 is 1.88 bits per heavy atom. The molecule has 1 atom stereocenters. The van der Waals surface area contributed by atoms with Crippen molar-refractivity contribution in [3.63, 3.8) is 0 Å². The lowest BCUT2D eigenvalue weighted by Gasteiger charge is -2.18. The number of hydrogen-bond acceptors (Lipinski definition) is 3. The normalized spacial score (nSPS) is 11.5. The molecule has 2 aromatic rings. The van der Waals surface area contributed by atoms with Crippen molar-refractivity contribution in [3.8, 4) is 11.5 Å². The van der Waals surface area contributed by atoms with Crippen molar-refractivity contribution in [2.24, 2.45) is 0 Å². The highest BCUT2D eigenvalue weighted by atomic mass is 35.5. The van der Waals surface area contributed by atoms with Gasteiger partial charge in [-0.05, 0) is 61.6 Å².